The molecule has 1 aromatic carbocycles. The van der Waals surface area contributed by atoms with Gasteiger partial charge in [-0.25, -0.2) is 4.79 Å². The van der Waals surface area contributed by atoms with Crippen LogP contribution in [-0.4, -0.2) is 17.9 Å². The largest absolute Gasteiger partial charge is 0.505 e. The lowest BCUT2D eigenvalue weighted by atomic mass is 9.88. The van der Waals surface area contributed by atoms with E-state index in [1.54, 1.807) is 0 Å². The number of unbranched alkanes of at least 4 members (excludes halogenated alkanes) is 8. The minimum absolute atomic E-state index is 0.329. The summed E-state index contributed by atoms with van der Waals surface area (Å²) in [6.07, 6.45) is 13.7. The van der Waals surface area contributed by atoms with Crippen LogP contribution in [0.5, 0.6) is 0 Å². The molecule has 1 aromatic rings. The quantitative estimate of drug-likeness (QED) is 0.270. The molecule has 1 rings (SSSR count). The van der Waals surface area contributed by atoms with E-state index >= 15 is 0 Å². The van der Waals surface area contributed by atoms with Crippen LogP contribution in [0, 0.1) is 0 Å². The fourth-order valence-corrected chi connectivity index (χ4v) is 3.38. The number of carbonyl (C=O) groups is 1. The van der Waals surface area contributed by atoms with Gasteiger partial charge in [0.05, 0.1) is 6.61 Å². The monoisotopic (exact) mass is 348 g/mol. The van der Waals surface area contributed by atoms with Crippen LogP contribution in [0.3, 0.4) is 0 Å². The van der Waals surface area contributed by atoms with Gasteiger partial charge in [0.15, 0.2) is 0 Å². The number of hydrogen-bond acceptors (Lipinski definition) is 2. The van der Waals surface area contributed by atoms with E-state index in [1.165, 1.54) is 63.4 Å². The molecule has 0 aliphatic heterocycles. The van der Waals surface area contributed by atoms with E-state index in [0.29, 0.717) is 12.5 Å². The highest BCUT2D eigenvalue weighted by Crippen LogP contribution is 2.28. The van der Waals surface area contributed by atoms with Gasteiger partial charge in [-0.05, 0) is 30.7 Å². The van der Waals surface area contributed by atoms with Gasteiger partial charge in [0.2, 0.25) is 0 Å². The Hall–Kier alpha value is -1.51. The molecule has 0 aromatic heterocycles. The van der Waals surface area contributed by atoms with Crippen LogP contribution < -0.4 is 0 Å². The lowest BCUT2D eigenvalue weighted by Crippen LogP contribution is -2.02. The van der Waals surface area contributed by atoms with Gasteiger partial charge in [-0.1, -0.05) is 95.0 Å². The Labute approximate surface area is 153 Å². The van der Waals surface area contributed by atoms with Crippen molar-refractivity contribution in [1.82, 2.24) is 0 Å². The molecule has 1 unspecified atom stereocenters. The number of hydrogen-bond donors (Lipinski definition) is 1. The van der Waals surface area contributed by atoms with Crippen LogP contribution in [0.1, 0.15) is 95.5 Å². The van der Waals surface area contributed by atoms with Gasteiger partial charge in [0.25, 0.3) is 0 Å². The lowest BCUT2D eigenvalue weighted by Gasteiger charge is -2.17. The van der Waals surface area contributed by atoms with Gasteiger partial charge in [-0.15, -0.1) is 0 Å². The van der Waals surface area contributed by atoms with Gasteiger partial charge in [0, 0.05) is 0 Å². The zero-order valence-electron chi connectivity index (χ0n) is 15.9. The molecule has 1 atom stereocenters. The van der Waals surface area contributed by atoms with E-state index < -0.39 is 6.16 Å². The first-order valence-electron chi connectivity index (χ1n) is 10.1. The van der Waals surface area contributed by atoms with E-state index in [0.717, 1.165) is 19.3 Å². The van der Waals surface area contributed by atoms with E-state index in [-0.39, 0.29) is 0 Å². The van der Waals surface area contributed by atoms with Crippen LogP contribution in [0.25, 0.3) is 0 Å². The van der Waals surface area contributed by atoms with Gasteiger partial charge in [-0.2, -0.15) is 0 Å². The average Bonchev–Trinajstić information content (AvgIpc) is 2.62. The first kappa shape index (κ1) is 21.5. The summed E-state index contributed by atoms with van der Waals surface area (Å²) >= 11 is 0. The Kier molecular flexibility index (Phi) is 12.7. The standard InChI is InChI=1S/C22H36O3/c1-2-3-4-5-6-10-15-20(21-17-12-9-13-18-21)16-11-7-8-14-19-25-22(23)24/h9,12-13,17-18,20H,2-8,10-11,14-16,19H2,1H3,(H,23,24). The lowest BCUT2D eigenvalue weighted by molar-refractivity contribution is 0.0899. The number of benzene rings is 1. The summed E-state index contributed by atoms with van der Waals surface area (Å²) in [5, 5.41) is 8.44. The van der Waals surface area contributed by atoms with E-state index in [2.05, 4.69) is 42.0 Å². The summed E-state index contributed by atoms with van der Waals surface area (Å²) in [5.41, 5.74) is 1.48. The molecule has 0 amide bonds. The van der Waals surface area contributed by atoms with Crippen molar-refractivity contribution >= 4 is 6.16 Å². The molecule has 3 heteroatoms. The molecule has 1 N–H and O–H groups in total. The van der Waals surface area contributed by atoms with Crippen LogP contribution in [0.2, 0.25) is 0 Å². The number of carboxylic acid groups (broad SMARTS) is 1. The molecular weight excluding hydrogens is 312 g/mol. The molecule has 3 nitrogen and oxygen atoms in total. The first-order chi connectivity index (χ1) is 12.2. The topological polar surface area (TPSA) is 46.5 Å². The van der Waals surface area contributed by atoms with E-state index in [1.807, 2.05) is 0 Å². The first-order valence-corrected chi connectivity index (χ1v) is 10.1. The highest BCUT2D eigenvalue weighted by atomic mass is 16.7. The molecule has 0 radical (unpaired) electrons. The van der Waals surface area contributed by atoms with Crippen molar-refractivity contribution in [2.24, 2.45) is 0 Å². The molecule has 142 valence electrons. The van der Waals surface area contributed by atoms with Crippen LogP contribution >= 0.6 is 0 Å². The fourth-order valence-electron chi connectivity index (χ4n) is 3.38. The van der Waals surface area contributed by atoms with Crippen LogP contribution in [-0.2, 0) is 4.74 Å². The molecular formula is C22H36O3. The van der Waals surface area contributed by atoms with Gasteiger partial charge < -0.3 is 9.84 Å². The zero-order chi connectivity index (χ0) is 18.2. The van der Waals surface area contributed by atoms with Crippen molar-refractivity contribution in [3.05, 3.63) is 35.9 Å². The SMILES string of the molecule is CCCCCCCCC(CCCCCCOC(=O)O)c1ccccc1. The third-order valence-corrected chi connectivity index (χ3v) is 4.85. The molecule has 0 saturated heterocycles. The Morgan fingerprint density at radius 3 is 2.04 bits per heavy atom. The van der Waals surface area contributed by atoms with Crippen molar-refractivity contribution in [2.45, 2.75) is 89.9 Å². The summed E-state index contributed by atoms with van der Waals surface area (Å²) in [7, 11) is 0. The molecule has 0 bridgehead atoms. The Bertz CT molecular complexity index is 430. The Morgan fingerprint density at radius 2 is 1.44 bits per heavy atom. The van der Waals surface area contributed by atoms with Crippen molar-refractivity contribution in [3.8, 4) is 0 Å². The maximum atomic E-state index is 10.3. The molecule has 25 heavy (non-hydrogen) atoms. The summed E-state index contributed by atoms with van der Waals surface area (Å²) in [5.74, 6) is 0.669. The number of rotatable bonds is 15. The predicted octanol–water partition coefficient (Wildman–Crippen LogP) is 7.17. The molecule has 0 aliphatic carbocycles. The molecule has 0 saturated carbocycles. The summed E-state index contributed by atoms with van der Waals surface area (Å²) in [6.45, 7) is 2.59. The third-order valence-electron chi connectivity index (χ3n) is 4.85. The minimum atomic E-state index is -1.16. The number of ether oxygens (including phenoxy) is 1. The van der Waals surface area contributed by atoms with Crippen molar-refractivity contribution in [1.29, 1.82) is 0 Å². The highest BCUT2D eigenvalue weighted by molar-refractivity contribution is 5.56. The van der Waals surface area contributed by atoms with E-state index in [4.69, 9.17) is 5.11 Å². The molecule has 0 aliphatic rings. The minimum Gasteiger partial charge on any atom is -0.450 e. The molecule has 0 spiro atoms. The molecule has 0 heterocycles. The second-order valence-corrected chi connectivity index (χ2v) is 6.98. The highest BCUT2D eigenvalue weighted by Gasteiger charge is 2.10. The van der Waals surface area contributed by atoms with Crippen LogP contribution in [0.15, 0.2) is 30.3 Å². The second kappa shape index (κ2) is 14.8. The maximum Gasteiger partial charge on any atom is 0.505 e. The van der Waals surface area contributed by atoms with E-state index in [9.17, 15) is 4.79 Å². The van der Waals surface area contributed by atoms with Crippen molar-refractivity contribution in [3.63, 3.8) is 0 Å². The third kappa shape index (κ3) is 11.6. The predicted molar refractivity (Wildman–Crippen MR) is 104 cm³/mol. The van der Waals surface area contributed by atoms with Crippen molar-refractivity contribution in [2.75, 3.05) is 6.61 Å². The van der Waals surface area contributed by atoms with Gasteiger partial charge in [0.1, 0.15) is 0 Å². The van der Waals surface area contributed by atoms with Crippen LogP contribution in [0.4, 0.5) is 4.79 Å². The van der Waals surface area contributed by atoms with Gasteiger partial charge in [-0.3, -0.25) is 0 Å². The zero-order valence-corrected chi connectivity index (χ0v) is 15.9. The van der Waals surface area contributed by atoms with Crippen molar-refractivity contribution < 1.29 is 14.6 Å². The Balaban J connectivity index is 2.24. The second-order valence-electron chi connectivity index (χ2n) is 6.98. The maximum absolute atomic E-state index is 10.3. The summed E-state index contributed by atoms with van der Waals surface area (Å²) in [4.78, 5) is 10.3. The average molecular weight is 349 g/mol. The summed E-state index contributed by atoms with van der Waals surface area (Å²) in [6, 6.07) is 10.9. The Morgan fingerprint density at radius 1 is 0.880 bits per heavy atom. The summed E-state index contributed by atoms with van der Waals surface area (Å²) < 4.78 is 4.55. The smallest absolute Gasteiger partial charge is 0.450 e. The van der Waals surface area contributed by atoms with Gasteiger partial charge >= 0.3 is 6.16 Å². The fraction of sp³-hybridized carbons (Fsp3) is 0.682. The molecule has 0 fully saturated rings. The normalized spacial score (nSPS) is 12.0.